The number of amides is 1. The molecule has 1 amide bonds. The molecule has 2 N–H and O–H groups in total. The van der Waals surface area contributed by atoms with Crippen molar-refractivity contribution in [2.24, 2.45) is 5.92 Å². The molecule has 0 bridgehead atoms. The summed E-state index contributed by atoms with van der Waals surface area (Å²) in [4.78, 5) is 12.8. The molecule has 0 fully saturated rings. The van der Waals surface area contributed by atoms with Gasteiger partial charge in [-0.05, 0) is 72.7 Å². The molecule has 0 aliphatic rings. The maximum atomic E-state index is 12.8. The van der Waals surface area contributed by atoms with Crippen LogP contribution in [0.3, 0.4) is 0 Å². The van der Waals surface area contributed by atoms with Crippen molar-refractivity contribution in [1.29, 1.82) is 0 Å². The molecule has 0 atom stereocenters. The van der Waals surface area contributed by atoms with Gasteiger partial charge >= 0.3 is 0 Å². The molecule has 3 aromatic carbocycles. The molecule has 8 heteroatoms. The topological polar surface area (TPSA) is 68.8 Å². The maximum Gasteiger partial charge on any atom is 0.261 e. The highest BCUT2D eigenvalue weighted by Crippen LogP contribution is 2.24. The number of hydrogen-bond acceptors (Lipinski definition) is 5. The Morgan fingerprint density at radius 2 is 1.56 bits per heavy atom. The van der Waals surface area contributed by atoms with Crippen LogP contribution in [0.25, 0.3) is 0 Å². The van der Waals surface area contributed by atoms with Crippen molar-refractivity contribution in [3.05, 3.63) is 82.8 Å². The average Bonchev–Trinajstić information content (AvgIpc) is 2.82. The third-order valence-electron chi connectivity index (χ3n) is 4.46. The first-order valence-electron chi connectivity index (χ1n) is 10.9. The van der Waals surface area contributed by atoms with Crippen molar-refractivity contribution in [2.45, 2.75) is 13.8 Å². The Bertz CT molecular complexity index is 1090. The molecule has 0 radical (unpaired) electrons. The predicted octanol–water partition coefficient (Wildman–Crippen LogP) is 6.07. The number of nitrogens with one attached hydrogen (secondary N) is 2. The summed E-state index contributed by atoms with van der Waals surface area (Å²) in [7, 11) is 0. The summed E-state index contributed by atoms with van der Waals surface area (Å²) in [6.07, 6.45) is 0. The number of rotatable bonds is 10. The van der Waals surface area contributed by atoms with E-state index in [9.17, 15) is 4.79 Å². The minimum Gasteiger partial charge on any atom is -0.492 e. The van der Waals surface area contributed by atoms with E-state index in [4.69, 9.17) is 26.4 Å². The summed E-state index contributed by atoms with van der Waals surface area (Å²) in [6.45, 7) is 5.47. The van der Waals surface area contributed by atoms with E-state index in [0.29, 0.717) is 42.8 Å². The van der Waals surface area contributed by atoms with Gasteiger partial charge in [0.05, 0.1) is 12.2 Å². The summed E-state index contributed by atoms with van der Waals surface area (Å²) >= 11 is 8.72. The third-order valence-corrected chi connectivity index (χ3v) is 5.16. The lowest BCUT2D eigenvalue weighted by Gasteiger charge is -2.15. The van der Waals surface area contributed by atoms with E-state index >= 15 is 0 Å². The molecule has 0 saturated carbocycles. The summed E-state index contributed by atoms with van der Waals surface area (Å²) < 4.78 is 17.9. The van der Waals surface area contributed by atoms with Gasteiger partial charge in [-0.1, -0.05) is 48.0 Å². The van der Waals surface area contributed by atoms with Gasteiger partial charge in [-0.25, -0.2) is 0 Å². The number of halogens is 1. The number of hydrogen-bond donors (Lipinski definition) is 2. The van der Waals surface area contributed by atoms with Crippen molar-refractivity contribution < 1.29 is 19.0 Å². The van der Waals surface area contributed by atoms with Crippen LogP contribution in [0.5, 0.6) is 17.2 Å². The van der Waals surface area contributed by atoms with Gasteiger partial charge in [0.2, 0.25) is 0 Å². The number of ether oxygens (including phenoxy) is 3. The van der Waals surface area contributed by atoms with Crippen LogP contribution in [0.4, 0.5) is 5.69 Å². The van der Waals surface area contributed by atoms with Gasteiger partial charge in [0.1, 0.15) is 30.5 Å². The van der Waals surface area contributed by atoms with Gasteiger partial charge in [0.25, 0.3) is 5.91 Å². The molecule has 0 spiro atoms. The zero-order valence-corrected chi connectivity index (χ0v) is 21.4. The zero-order valence-electron chi connectivity index (χ0n) is 19.0. The smallest absolute Gasteiger partial charge is 0.261 e. The zero-order chi connectivity index (χ0) is 24.3. The number of carbonyl (C=O) groups is 1. The molecule has 0 heterocycles. The number of benzene rings is 3. The molecule has 0 saturated heterocycles. The van der Waals surface area contributed by atoms with Crippen molar-refractivity contribution >= 4 is 44.9 Å². The Hall–Kier alpha value is -3.10. The van der Waals surface area contributed by atoms with E-state index in [0.717, 1.165) is 15.9 Å². The van der Waals surface area contributed by atoms with Crippen molar-refractivity contribution in [2.75, 3.05) is 25.1 Å². The summed E-state index contributed by atoms with van der Waals surface area (Å²) in [6, 6.07) is 22.2. The van der Waals surface area contributed by atoms with Crippen LogP contribution in [0.15, 0.2) is 77.3 Å². The van der Waals surface area contributed by atoms with Crippen molar-refractivity contribution in [1.82, 2.24) is 5.32 Å². The Kier molecular flexibility index (Phi) is 9.73. The number of carbonyl (C=O) groups excluding carboxylic acids is 1. The first-order chi connectivity index (χ1) is 16.4. The van der Waals surface area contributed by atoms with Crippen LogP contribution in [0.2, 0.25) is 0 Å². The highest BCUT2D eigenvalue weighted by molar-refractivity contribution is 9.10. The highest BCUT2D eigenvalue weighted by atomic mass is 79.9. The van der Waals surface area contributed by atoms with Gasteiger partial charge in [0, 0.05) is 10.2 Å². The van der Waals surface area contributed by atoms with Gasteiger partial charge in [-0.3, -0.25) is 10.1 Å². The molecule has 3 rings (SSSR count). The summed E-state index contributed by atoms with van der Waals surface area (Å²) in [5.74, 6) is 2.01. The summed E-state index contributed by atoms with van der Waals surface area (Å²) in [5.41, 5.74) is 1.13. The minimum absolute atomic E-state index is 0.185. The SMILES string of the molecule is CC(C)COc1ccc(Br)cc1C(=O)NC(=S)Nc1ccc(OCCOc2ccccc2)cc1. The Labute approximate surface area is 213 Å². The molecule has 3 aromatic rings. The monoisotopic (exact) mass is 542 g/mol. The Balaban J connectivity index is 1.48. The van der Waals surface area contributed by atoms with Crippen LogP contribution in [0.1, 0.15) is 24.2 Å². The lowest BCUT2D eigenvalue weighted by molar-refractivity contribution is 0.0973. The first-order valence-corrected chi connectivity index (χ1v) is 12.1. The van der Waals surface area contributed by atoms with Crippen LogP contribution >= 0.6 is 28.1 Å². The highest BCUT2D eigenvalue weighted by Gasteiger charge is 2.15. The fraction of sp³-hybridized carbons (Fsp3) is 0.231. The quantitative estimate of drug-likeness (QED) is 0.239. The molecule has 6 nitrogen and oxygen atoms in total. The number of para-hydroxylation sites is 1. The molecule has 178 valence electrons. The molecule has 0 aliphatic heterocycles. The molecule has 0 aromatic heterocycles. The van der Waals surface area contributed by atoms with E-state index in [-0.39, 0.29) is 11.0 Å². The second kappa shape index (κ2) is 13.0. The average molecular weight is 543 g/mol. The van der Waals surface area contributed by atoms with Crippen LogP contribution in [0, 0.1) is 5.92 Å². The molecule has 34 heavy (non-hydrogen) atoms. The normalized spacial score (nSPS) is 10.5. The van der Waals surface area contributed by atoms with E-state index in [2.05, 4.69) is 26.6 Å². The van der Waals surface area contributed by atoms with Gasteiger partial charge in [-0.15, -0.1) is 0 Å². The Morgan fingerprint density at radius 3 is 2.21 bits per heavy atom. The minimum atomic E-state index is -0.351. The standard InChI is InChI=1S/C26H27BrN2O4S/c1-18(2)17-33-24-13-8-19(27)16-23(24)25(30)29-26(34)28-20-9-11-22(12-10-20)32-15-14-31-21-6-4-3-5-7-21/h3-13,16,18H,14-15,17H2,1-2H3,(H2,28,29,30,34). The third kappa shape index (κ3) is 8.35. The Morgan fingerprint density at radius 1 is 0.912 bits per heavy atom. The second-order valence-corrected chi connectivity index (χ2v) is 9.11. The van der Waals surface area contributed by atoms with E-state index in [1.165, 1.54) is 0 Å². The second-order valence-electron chi connectivity index (χ2n) is 7.79. The van der Waals surface area contributed by atoms with E-state index in [1.807, 2.05) is 74.5 Å². The molecular weight excluding hydrogens is 516 g/mol. The lowest BCUT2D eigenvalue weighted by Crippen LogP contribution is -2.34. The molecule has 0 unspecified atom stereocenters. The maximum absolute atomic E-state index is 12.8. The van der Waals surface area contributed by atoms with Crippen LogP contribution in [-0.4, -0.2) is 30.8 Å². The van der Waals surface area contributed by atoms with Crippen molar-refractivity contribution in [3.8, 4) is 17.2 Å². The lowest BCUT2D eigenvalue weighted by atomic mass is 10.2. The predicted molar refractivity (Wildman–Crippen MR) is 142 cm³/mol. The van der Waals surface area contributed by atoms with Gasteiger partial charge in [0.15, 0.2) is 5.11 Å². The largest absolute Gasteiger partial charge is 0.492 e. The van der Waals surface area contributed by atoms with E-state index in [1.54, 1.807) is 12.1 Å². The first kappa shape index (κ1) is 25.5. The van der Waals surface area contributed by atoms with E-state index < -0.39 is 0 Å². The number of anilines is 1. The molecular formula is C26H27BrN2O4S. The van der Waals surface area contributed by atoms with Crippen LogP contribution < -0.4 is 24.8 Å². The fourth-order valence-corrected chi connectivity index (χ4v) is 3.44. The summed E-state index contributed by atoms with van der Waals surface area (Å²) in [5, 5.41) is 5.90. The van der Waals surface area contributed by atoms with Crippen molar-refractivity contribution in [3.63, 3.8) is 0 Å². The number of thiocarbonyl (C=S) groups is 1. The van der Waals surface area contributed by atoms with Gasteiger partial charge in [-0.2, -0.15) is 0 Å². The fourth-order valence-electron chi connectivity index (χ4n) is 2.87. The van der Waals surface area contributed by atoms with Gasteiger partial charge < -0.3 is 19.5 Å². The molecule has 0 aliphatic carbocycles. The van der Waals surface area contributed by atoms with Crippen LogP contribution in [-0.2, 0) is 0 Å².